The van der Waals surface area contributed by atoms with E-state index in [9.17, 15) is 4.21 Å². The summed E-state index contributed by atoms with van der Waals surface area (Å²) in [6.45, 7) is 3.75. The fourth-order valence-corrected chi connectivity index (χ4v) is 4.56. The highest BCUT2D eigenvalue weighted by molar-refractivity contribution is 7.83. The molecule has 3 heterocycles. The Bertz CT molecular complexity index is 740. The molecule has 0 radical (unpaired) electrons. The lowest BCUT2D eigenvalue weighted by atomic mass is 10.4. The molecule has 0 bridgehead atoms. The summed E-state index contributed by atoms with van der Waals surface area (Å²) in [6.07, 6.45) is 0. The fourth-order valence-electron chi connectivity index (χ4n) is 1.84. The van der Waals surface area contributed by atoms with Gasteiger partial charge in [0.1, 0.15) is 16.5 Å². The summed E-state index contributed by atoms with van der Waals surface area (Å²) in [7, 11) is -1.06. The van der Waals surface area contributed by atoms with Crippen LogP contribution in [-0.2, 0) is 22.3 Å². The van der Waals surface area contributed by atoms with Crippen LogP contribution in [-0.4, -0.2) is 14.2 Å². The van der Waals surface area contributed by atoms with Gasteiger partial charge in [0.2, 0.25) is 5.89 Å². The molecule has 0 fully saturated rings. The van der Waals surface area contributed by atoms with Crippen LogP contribution in [0, 0.1) is 13.8 Å². The zero-order chi connectivity index (χ0) is 14.8. The van der Waals surface area contributed by atoms with Crippen LogP contribution in [0.5, 0.6) is 0 Å². The number of aryl methyl sites for hydroxylation is 2. The van der Waals surface area contributed by atoms with Crippen LogP contribution in [0.1, 0.15) is 23.0 Å². The summed E-state index contributed by atoms with van der Waals surface area (Å²) >= 11 is 3.25. The number of hydrogen-bond acceptors (Lipinski definition) is 6. The van der Waals surface area contributed by atoms with Crippen molar-refractivity contribution in [1.29, 1.82) is 0 Å². The molecule has 1 atom stereocenters. The molecule has 0 saturated heterocycles. The van der Waals surface area contributed by atoms with E-state index in [-0.39, 0.29) is 0 Å². The number of aromatic nitrogens is 2. The third kappa shape index (κ3) is 3.48. The second-order valence-corrected chi connectivity index (χ2v) is 7.86. The number of rotatable bonds is 5. The van der Waals surface area contributed by atoms with Crippen LogP contribution in [0.4, 0.5) is 0 Å². The van der Waals surface area contributed by atoms with E-state index in [4.69, 9.17) is 4.42 Å². The van der Waals surface area contributed by atoms with Gasteiger partial charge in [-0.3, -0.25) is 4.21 Å². The molecule has 0 amide bonds. The van der Waals surface area contributed by atoms with Crippen molar-refractivity contribution >= 4 is 33.5 Å². The molecule has 110 valence electrons. The van der Waals surface area contributed by atoms with Crippen LogP contribution < -0.4 is 0 Å². The molecule has 7 heteroatoms. The van der Waals surface area contributed by atoms with Crippen LogP contribution in [0.25, 0.3) is 9.88 Å². The Morgan fingerprint density at radius 1 is 1.24 bits per heavy atom. The molecular formula is C14H14N2O2S3. The molecule has 3 aromatic heterocycles. The topological polar surface area (TPSA) is 56.0 Å². The van der Waals surface area contributed by atoms with Gasteiger partial charge in [-0.15, -0.1) is 22.7 Å². The Labute approximate surface area is 133 Å². The highest BCUT2D eigenvalue weighted by Gasteiger charge is 2.12. The highest BCUT2D eigenvalue weighted by Crippen LogP contribution is 2.28. The van der Waals surface area contributed by atoms with Crippen molar-refractivity contribution in [2.75, 3.05) is 0 Å². The molecular weight excluding hydrogens is 324 g/mol. The standard InChI is InChI=1S/C14H14N2O2S3/c1-9-10(2)18-13(15-9)8-21(17)7-11-6-20-14(16-11)12-4-3-5-19-12/h3-6H,7-8H2,1-2H3/t21-/m1/s1. The van der Waals surface area contributed by atoms with Crippen molar-refractivity contribution in [2.24, 2.45) is 0 Å². The maximum atomic E-state index is 12.2. The van der Waals surface area contributed by atoms with E-state index in [1.807, 2.05) is 36.7 Å². The van der Waals surface area contributed by atoms with Crippen LogP contribution in [0.15, 0.2) is 27.3 Å². The monoisotopic (exact) mass is 338 g/mol. The van der Waals surface area contributed by atoms with Gasteiger partial charge >= 0.3 is 0 Å². The Hall–Kier alpha value is -1.31. The first kappa shape index (κ1) is 14.6. The molecule has 21 heavy (non-hydrogen) atoms. The van der Waals surface area contributed by atoms with E-state index in [2.05, 4.69) is 9.97 Å². The van der Waals surface area contributed by atoms with E-state index in [0.717, 1.165) is 27.0 Å². The molecule has 0 aliphatic heterocycles. The summed E-state index contributed by atoms with van der Waals surface area (Å²) in [5, 5.41) is 4.99. The first-order valence-corrected chi connectivity index (χ1v) is 9.62. The quantitative estimate of drug-likeness (QED) is 0.707. The molecule has 0 aromatic carbocycles. The lowest BCUT2D eigenvalue weighted by Crippen LogP contribution is -2.00. The summed E-state index contributed by atoms with van der Waals surface area (Å²) in [6, 6.07) is 4.05. The number of thiophene rings is 1. The molecule has 0 spiro atoms. The van der Waals surface area contributed by atoms with Gasteiger partial charge in [0.05, 0.1) is 22.0 Å². The third-order valence-electron chi connectivity index (χ3n) is 2.95. The highest BCUT2D eigenvalue weighted by atomic mass is 32.2. The Morgan fingerprint density at radius 2 is 2.10 bits per heavy atom. The summed E-state index contributed by atoms with van der Waals surface area (Å²) < 4.78 is 17.6. The first-order chi connectivity index (χ1) is 10.1. The van der Waals surface area contributed by atoms with E-state index < -0.39 is 10.8 Å². The third-order valence-corrected chi connectivity index (χ3v) is 6.07. The molecule has 0 N–H and O–H groups in total. The first-order valence-electron chi connectivity index (χ1n) is 6.38. The van der Waals surface area contributed by atoms with Gasteiger partial charge in [0.15, 0.2) is 0 Å². The zero-order valence-electron chi connectivity index (χ0n) is 11.7. The summed E-state index contributed by atoms with van der Waals surface area (Å²) in [4.78, 5) is 9.95. The SMILES string of the molecule is Cc1nc(C[S@](=O)Cc2csc(-c3cccs3)n2)oc1C. The van der Waals surface area contributed by atoms with Crippen molar-refractivity contribution in [3.8, 4) is 9.88 Å². The van der Waals surface area contributed by atoms with Gasteiger partial charge in [-0.25, -0.2) is 9.97 Å². The summed E-state index contributed by atoms with van der Waals surface area (Å²) in [5.74, 6) is 2.09. The minimum absolute atomic E-state index is 0.334. The maximum Gasteiger partial charge on any atom is 0.207 e. The number of thiazole rings is 1. The largest absolute Gasteiger partial charge is 0.445 e. The zero-order valence-corrected chi connectivity index (χ0v) is 14.1. The molecule has 0 unspecified atom stereocenters. The average Bonchev–Trinajstić information content (AvgIpc) is 3.12. The van der Waals surface area contributed by atoms with Crippen molar-refractivity contribution < 1.29 is 8.63 Å². The normalized spacial score (nSPS) is 12.7. The van der Waals surface area contributed by atoms with Gasteiger partial charge in [0, 0.05) is 16.2 Å². The predicted octanol–water partition coefficient (Wildman–Crippen LogP) is 3.93. The van der Waals surface area contributed by atoms with E-state index >= 15 is 0 Å². The fraction of sp³-hybridized carbons (Fsp3) is 0.286. The van der Waals surface area contributed by atoms with Crippen LogP contribution in [0.2, 0.25) is 0 Å². The van der Waals surface area contributed by atoms with E-state index in [1.54, 1.807) is 22.7 Å². The molecule has 0 aliphatic carbocycles. The number of nitrogens with zero attached hydrogens (tertiary/aromatic N) is 2. The van der Waals surface area contributed by atoms with E-state index in [1.165, 1.54) is 0 Å². The Balaban J connectivity index is 1.65. The average molecular weight is 338 g/mol. The van der Waals surface area contributed by atoms with Crippen molar-refractivity contribution in [2.45, 2.75) is 25.4 Å². The summed E-state index contributed by atoms with van der Waals surface area (Å²) in [5.41, 5.74) is 1.72. The van der Waals surface area contributed by atoms with E-state index in [0.29, 0.717) is 17.4 Å². The molecule has 0 saturated carbocycles. The van der Waals surface area contributed by atoms with Crippen molar-refractivity contribution in [1.82, 2.24) is 9.97 Å². The lowest BCUT2D eigenvalue weighted by Gasteiger charge is -1.96. The predicted molar refractivity (Wildman–Crippen MR) is 87.0 cm³/mol. The smallest absolute Gasteiger partial charge is 0.207 e. The number of oxazole rings is 1. The van der Waals surface area contributed by atoms with Gasteiger partial charge in [0.25, 0.3) is 0 Å². The van der Waals surface area contributed by atoms with Gasteiger partial charge < -0.3 is 4.42 Å². The Kier molecular flexibility index (Phi) is 4.32. The maximum absolute atomic E-state index is 12.2. The Morgan fingerprint density at radius 3 is 2.76 bits per heavy atom. The number of hydrogen-bond donors (Lipinski definition) is 0. The van der Waals surface area contributed by atoms with Crippen LogP contribution in [0.3, 0.4) is 0 Å². The van der Waals surface area contributed by atoms with Gasteiger partial charge in [-0.2, -0.15) is 0 Å². The lowest BCUT2D eigenvalue weighted by molar-refractivity contribution is 0.487. The van der Waals surface area contributed by atoms with Gasteiger partial charge in [-0.1, -0.05) is 6.07 Å². The minimum Gasteiger partial charge on any atom is -0.445 e. The second-order valence-electron chi connectivity index (χ2n) is 4.60. The molecule has 3 aromatic rings. The van der Waals surface area contributed by atoms with Crippen molar-refractivity contribution in [3.63, 3.8) is 0 Å². The van der Waals surface area contributed by atoms with Crippen LogP contribution >= 0.6 is 22.7 Å². The second kappa shape index (κ2) is 6.21. The van der Waals surface area contributed by atoms with Gasteiger partial charge in [-0.05, 0) is 25.3 Å². The van der Waals surface area contributed by atoms with Crippen molar-refractivity contribution in [3.05, 3.63) is 45.9 Å². The minimum atomic E-state index is -1.06. The molecule has 4 nitrogen and oxygen atoms in total. The molecule has 3 rings (SSSR count). The molecule has 0 aliphatic rings.